The molecule has 0 radical (unpaired) electrons. The molecule has 2 rings (SSSR count). The first-order chi connectivity index (χ1) is 14.2. The van der Waals surface area contributed by atoms with Gasteiger partial charge in [-0.05, 0) is 49.8 Å². The number of amides is 2. The van der Waals surface area contributed by atoms with Crippen LogP contribution in [-0.4, -0.2) is 29.3 Å². The van der Waals surface area contributed by atoms with Crippen LogP contribution in [0.3, 0.4) is 0 Å². The zero-order chi connectivity index (χ0) is 22.3. The fraction of sp³-hybridized carbons (Fsp3) is 0.462. The maximum absolute atomic E-state index is 13.5. The molecule has 0 saturated heterocycles. The number of aryl methyl sites for hydroxylation is 3. The molecule has 2 amide bonds. The second kappa shape index (κ2) is 11.0. The van der Waals surface area contributed by atoms with Gasteiger partial charge in [0, 0.05) is 13.1 Å². The first-order valence-corrected chi connectivity index (χ1v) is 10.9. The zero-order valence-corrected chi connectivity index (χ0v) is 19.3. The molecule has 1 atom stereocenters. The van der Waals surface area contributed by atoms with Crippen LogP contribution >= 0.6 is 0 Å². The van der Waals surface area contributed by atoms with Crippen molar-refractivity contribution >= 4 is 11.8 Å². The topological polar surface area (TPSA) is 49.4 Å². The Balaban J connectivity index is 2.31. The van der Waals surface area contributed by atoms with Crippen molar-refractivity contribution in [1.29, 1.82) is 0 Å². The predicted octanol–water partition coefficient (Wildman–Crippen LogP) is 4.73. The summed E-state index contributed by atoms with van der Waals surface area (Å²) in [5.41, 5.74) is 5.44. The molecule has 1 N–H and O–H groups in total. The van der Waals surface area contributed by atoms with Gasteiger partial charge in [-0.2, -0.15) is 0 Å². The molecular weight excluding hydrogens is 372 g/mol. The van der Waals surface area contributed by atoms with Gasteiger partial charge in [0.15, 0.2) is 0 Å². The van der Waals surface area contributed by atoms with Gasteiger partial charge in [0.05, 0.1) is 6.42 Å². The molecule has 0 fully saturated rings. The van der Waals surface area contributed by atoms with Gasteiger partial charge in [-0.15, -0.1) is 0 Å². The SMILES string of the molecule is CC[C@@H](C(=O)NCC(C)C)N(Cc1cccc(C)c1)C(=O)Cc1cc(C)ccc1C. The lowest BCUT2D eigenvalue weighted by molar-refractivity contribution is -0.141. The van der Waals surface area contributed by atoms with Gasteiger partial charge in [-0.3, -0.25) is 9.59 Å². The Bertz CT molecular complexity index is 873. The van der Waals surface area contributed by atoms with Crippen molar-refractivity contribution in [2.45, 2.75) is 67.0 Å². The Labute approximate surface area is 181 Å². The van der Waals surface area contributed by atoms with Crippen molar-refractivity contribution in [3.63, 3.8) is 0 Å². The summed E-state index contributed by atoms with van der Waals surface area (Å²) in [4.78, 5) is 28.2. The Morgan fingerprint density at radius 1 is 1.00 bits per heavy atom. The van der Waals surface area contributed by atoms with Crippen molar-refractivity contribution in [3.8, 4) is 0 Å². The molecule has 162 valence electrons. The van der Waals surface area contributed by atoms with Crippen LogP contribution in [0.5, 0.6) is 0 Å². The lowest BCUT2D eigenvalue weighted by atomic mass is 10.0. The van der Waals surface area contributed by atoms with Gasteiger partial charge in [0.25, 0.3) is 0 Å². The first-order valence-electron chi connectivity index (χ1n) is 10.9. The maximum atomic E-state index is 13.5. The molecular formula is C26H36N2O2. The number of rotatable bonds is 9. The third-order valence-corrected chi connectivity index (χ3v) is 5.35. The van der Waals surface area contributed by atoms with E-state index >= 15 is 0 Å². The Morgan fingerprint density at radius 3 is 2.33 bits per heavy atom. The second-order valence-electron chi connectivity index (χ2n) is 8.68. The molecule has 0 heterocycles. The molecule has 30 heavy (non-hydrogen) atoms. The largest absolute Gasteiger partial charge is 0.354 e. The van der Waals surface area contributed by atoms with E-state index in [1.165, 1.54) is 0 Å². The number of hydrogen-bond acceptors (Lipinski definition) is 2. The molecule has 0 spiro atoms. The van der Waals surface area contributed by atoms with Crippen molar-refractivity contribution in [2.24, 2.45) is 5.92 Å². The predicted molar refractivity (Wildman–Crippen MR) is 123 cm³/mol. The monoisotopic (exact) mass is 408 g/mol. The summed E-state index contributed by atoms with van der Waals surface area (Å²) >= 11 is 0. The number of nitrogens with zero attached hydrogens (tertiary/aromatic N) is 1. The standard InChI is InChI=1S/C26H36N2O2/c1-7-24(26(30)27-16-18(2)3)28(17-22-10-8-9-19(4)13-22)25(29)15-23-14-20(5)11-12-21(23)6/h8-14,18,24H,7,15-17H2,1-6H3,(H,27,30)/t24-/m0/s1. The lowest BCUT2D eigenvalue weighted by Crippen LogP contribution is -2.50. The van der Waals surface area contributed by atoms with Crippen LogP contribution in [0.25, 0.3) is 0 Å². The summed E-state index contributed by atoms with van der Waals surface area (Å²) < 4.78 is 0. The number of carbonyl (C=O) groups is 2. The Morgan fingerprint density at radius 2 is 1.70 bits per heavy atom. The van der Waals surface area contributed by atoms with E-state index in [2.05, 4.69) is 43.4 Å². The Kier molecular flexibility index (Phi) is 8.64. The van der Waals surface area contributed by atoms with Crippen LogP contribution in [0.15, 0.2) is 42.5 Å². The quantitative estimate of drug-likeness (QED) is 0.652. The van der Waals surface area contributed by atoms with Crippen molar-refractivity contribution < 1.29 is 9.59 Å². The summed E-state index contributed by atoms with van der Waals surface area (Å²) in [7, 11) is 0. The van der Waals surface area contributed by atoms with Gasteiger partial charge in [-0.1, -0.05) is 74.4 Å². The number of benzene rings is 2. The minimum atomic E-state index is -0.484. The first kappa shape index (κ1) is 23.7. The van der Waals surface area contributed by atoms with E-state index in [0.717, 1.165) is 27.8 Å². The molecule has 4 heteroatoms. The number of nitrogens with one attached hydrogen (secondary N) is 1. The van der Waals surface area contributed by atoms with Crippen molar-refractivity contribution in [1.82, 2.24) is 10.2 Å². The van der Waals surface area contributed by atoms with Crippen LogP contribution in [0.1, 0.15) is 55.0 Å². The molecule has 2 aromatic rings. The fourth-order valence-corrected chi connectivity index (χ4v) is 3.60. The van der Waals surface area contributed by atoms with E-state index in [9.17, 15) is 9.59 Å². The second-order valence-corrected chi connectivity index (χ2v) is 8.68. The molecule has 4 nitrogen and oxygen atoms in total. The van der Waals surface area contributed by atoms with E-state index in [1.807, 2.05) is 45.9 Å². The van der Waals surface area contributed by atoms with Crippen molar-refractivity contribution in [3.05, 3.63) is 70.3 Å². The van der Waals surface area contributed by atoms with Gasteiger partial charge >= 0.3 is 0 Å². The summed E-state index contributed by atoms with van der Waals surface area (Å²) in [6.45, 7) is 13.2. The van der Waals surface area contributed by atoms with Crippen LogP contribution in [0.2, 0.25) is 0 Å². The molecule has 2 aromatic carbocycles. The van der Waals surface area contributed by atoms with E-state index < -0.39 is 6.04 Å². The molecule has 0 aliphatic rings. The van der Waals surface area contributed by atoms with Gasteiger partial charge in [0.1, 0.15) is 6.04 Å². The molecule has 0 aliphatic heterocycles. The number of hydrogen-bond donors (Lipinski definition) is 1. The summed E-state index contributed by atoms with van der Waals surface area (Å²) in [5.74, 6) is 0.271. The molecule has 0 aliphatic carbocycles. The van der Waals surface area contributed by atoms with E-state index in [4.69, 9.17) is 0 Å². The van der Waals surface area contributed by atoms with Gasteiger partial charge in [-0.25, -0.2) is 0 Å². The van der Waals surface area contributed by atoms with Crippen LogP contribution < -0.4 is 5.32 Å². The zero-order valence-electron chi connectivity index (χ0n) is 19.3. The minimum Gasteiger partial charge on any atom is -0.354 e. The highest BCUT2D eigenvalue weighted by molar-refractivity contribution is 5.88. The minimum absolute atomic E-state index is 0.0169. The third-order valence-electron chi connectivity index (χ3n) is 5.35. The highest BCUT2D eigenvalue weighted by Gasteiger charge is 2.29. The van der Waals surface area contributed by atoms with E-state index in [0.29, 0.717) is 31.8 Å². The van der Waals surface area contributed by atoms with E-state index in [1.54, 1.807) is 4.90 Å². The average Bonchev–Trinajstić information content (AvgIpc) is 2.69. The highest BCUT2D eigenvalue weighted by atomic mass is 16.2. The van der Waals surface area contributed by atoms with Gasteiger partial charge < -0.3 is 10.2 Å². The smallest absolute Gasteiger partial charge is 0.242 e. The highest BCUT2D eigenvalue weighted by Crippen LogP contribution is 2.18. The van der Waals surface area contributed by atoms with Gasteiger partial charge in [0.2, 0.25) is 11.8 Å². The molecule has 0 unspecified atom stereocenters. The molecule has 0 bridgehead atoms. The Hall–Kier alpha value is -2.62. The molecule has 0 aromatic heterocycles. The lowest BCUT2D eigenvalue weighted by Gasteiger charge is -2.31. The number of carbonyl (C=O) groups excluding carboxylic acids is 2. The van der Waals surface area contributed by atoms with Crippen LogP contribution in [0, 0.1) is 26.7 Å². The average molecular weight is 409 g/mol. The molecule has 0 saturated carbocycles. The third kappa shape index (κ3) is 6.72. The summed E-state index contributed by atoms with van der Waals surface area (Å²) in [6.07, 6.45) is 0.877. The van der Waals surface area contributed by atoms with Crippen molar-refractivity contribution in [2.75, 3.05) is 6.54 Å². The van der Waals surface area contributed by atoms with Crippen LogP contribution in [-0.2, 0) is 22.6 Å². The summed E-state index contributed by atoms with van der Waals surface area (Å²) in [5, 5.41) is 3.02. The summed E-state index contributed by atoms with van der Waals surface area (Å²) in [6, 6.07) is 13.8. The fourth-order valence-electron chi connectivity index (χ4n) is 3.60. The maximum Gasteiger partial charge on any atom is 0.242 e. The van der Waals surface area contributed by atoms with E-state index in [-0.39, 0.29) is 11.8 Å². The van der Waals surface area contributed by atoms with Crippen LogP contribution in [0.4, 0.5) is 0 Å². The normalized spacial score (nSPS) is 12.0.